The number of carbonyl (C=O) groups excluding carboxylic acids is 1. The number of aryl methyl sites for hydroxylation is 2. The lowest BCUT2D eigenvalue weighted by atomic mass is 10.1. The molecule has 0 spiro atoms. The fourth-order valence-corrected chi connectivity index (χ4v) is 3.04. The Hall–Kier alpha value is -2.96. The largest absolute Gasteiger partial charge is 0.333 e. The van der Waals surface area contributed by atoms with E-state index in [1.807, 2.05) is 41.9 Å². The van der Waals surface area contributed by atoms with Gasteiger partial charge in [-0.15, -0.1) is 0 Å². The second-order valence-electron chi connectivity index (χ2n) is 6.02. The van der Waals surface area contributed by atoms with Gasteiger partial charge in [0.1, 0.15) is 12.2 Å². The summed E-state index contributed by atoms with van der Waals surface area (Å²) in [6.07, 6.45) is 3.24. The zero-order chi connectivity index (χ0) is 16.5. The summed E-state index contributed by atoms with van der Waals surface area (Å²) in [6, 6.07) is 9.56. The molecule has 24 heavy (non-hydrogen) atoms. The number of carbonyl (C=O) groups is 1. The van der Waals surface area contributed by atoms with Crippen LogP contribution in [0.2, 0.25) is 0 Å². The van der Waals surface area contributed by atoms with Crippen molar-refractivity contribution in [3.05, 3.63) is 48.2 Å². The molecule has 3 heterocycles. The van der Waals surface area contributed by atoms with Gasteiger partial charge >= 0.3 is 6.03 Å². The summed E-state index contributed by atoms with van der Waals surface area (Å²) in [4.78, 5) is 21.1. The Morgan fingerprint density at radius 3 is 3.12 bits per heavy atom. The van der Waals surface area contributed by atoms with E-state index in [0.29, 0.717) is 12.2 Å². The fraction of sp³-hybridized carbons (Fsp3) is 0.294. The van der Waals surface area contributed by atoms with Gasteiger partial charge in [-0.25, -0.2) is 14.5 Å². The minimum absolute atomic E-state index is 0.0453. The molecule has 2 aromatic heterocycles. The van der Waals surface area contributed by atoms with Crippen LogP contribution in [-0.4, -0.2) is 31.8 Å². The van der Waals surface area contributed by atoms with Gasteiger partial charge in [0.2, 0.25) is 0 Å². The molecule has 1 aliphatic heterocycles. The molecule has 0 fully saturated rings. The molecule has 0 aliphatic carbocycles. The van der Waals surface area contributed by atoms with Crippen molar-refractivity contribution in [2.45, 2.75) is 32.4 Å². The Morgan fingerprint density at radius 1 is 1.29 bits per heavy atom. The number of pyridine rings is 1. The number of para-hydroxylation sites is 1. The second kappa shape index (κ2) is 5.92. The number of anilines is 1. The predicted octanol–water partition coefficient (Wildman–Crippen LogP) is 2.27. The minimum Gasteiger partial charge on any atom is -0.333 e. The maximum absolute atomic E-state index is 12.4. The van der Waals surface area contributed by atoms with Gasteiger partial charge in [0, 0.05) is 17.5 Å². The van der Waals surface area contributed by atoms with Crippen molar-refractivity contribution < 1.29 is 4.79 Å². The first kappa shape index (κ1) is 14.6. The van der Waals surface area contributed by atoms with Crippen molar-refractivity contribution in [1.29, 1.82) is 0 Å². The number of fused-ring (bicyclic) bond motifs is 2. The van der Waals surface area contributed by atoms with Crippen LogP contribution >= 0.6 is 0 Å². The lowest BCUT2D eigenvalue weighted by Gasteiger charge is -2.23. The maximum atomic E-state index is 12.4. The molecule has 122 valence electrons. The van der Waals surface area contributed by atoms with E-state index >= 15 is 0 Å². The number of nitrogens with zero attached hydrogens (tertiary/aromatic N) is 4. The summed E-state index contributed by atoms with van der Waals surface area (Å²) in [5, 5.41) is 11.1. The second-order valence-corrected chi connectivity index (χ2v) is 6.02. The number of amides is 2. The molecule has 0 bridgehead atoms. The van der Waals surface area contributed by atoms with E-state index in [4.69, 9.17) is 0 Å². The lowest BCUT2D eigenvalue weighted by Crippen LogP contribution is -2.43. The number of benzene rings is 1. The fourth-order valence-electron chi connectivity index (χ4n) is 3.04. The molecule has 0 radical (unpaired) electrons. The molecule has 0 saturated heterocycles. The Bertz CT molecular complexity index is 903. The number of hydrogen-bond acceptors (Lipinski definition) is 4. The van der Waals surface area contributed by atoms with Crippen molar-refractivity contribution in [2.24, 2.45) is 0 Å². The zero-order valence-corrected chi connectivity index (χ0v) is 13.4. The highest BCUT2D eigenvalue weighted by Crippen LogP contribution is 2.21. The van der Waals surface area contributed by atoms with Crippen LogP contribution in [-0.2, 0) is 13.0 Å². The van der Waals surface area contributed by atoms with Crippen LogP contribution in [0.1, 0.15) is 17.9 Å². The molecule has 7 nitrogen and oxygen atoms in total. The molecule has 1 atom stereocenters. The van der Waals surface area contributed by atoms with Crippen molar-refractivity contribution in [2.75, 3.05) is 5.32 Å². The van der Waals surface area contributed by atoms with Crippen LogP contribution in [0.25, 0.3) is 10.9 Å². The molecule has 1 aliphatic rings. The average Bonchev–Trinajstić information content (AvgIpc) is 3.03. The van der Waals surface area contributed by atoms with Crippen molar-refractivity contribution in [1.82, 2.24) is 25.1 Å². The van der Waals surface area contributed by atoms with E-state index in [0.717, 1.165) is 35.3 Å². The molecule has 7 heteroatoms. The Morgan fingerprint density at radius 2 is 2.21 bits per heavy atom. The SMILES string of the molecule is Cc1ccc2cccc(NC(=O)NC3CCc4ncnn4C3)c2n1. The Labute approximate surface area is 139 Å². The van der Waals surface area contributed by atoms with Gasteiger partial charge in [0.25, 0.3) is 0 Å². The van der Waals surface area contributed by atoms with Gasteiger partial charge in [-0.05, 0) is 25.5 Å². The number of rotatable bonds is 2. The molecule has 1 aromatic carbocycles. The molecule has 2 amide bonds. The van der Waals surface area contributed by atoms with Crippen LogP contribution in [0.3, 0.4) is 0 Å². The Kier molecular flexibility index (Phi) is 3.60. The molecule has 2 N–H and O–H groups in total. The van der Waals surface area contributed by atoms with E-state index in [-0.39, 0.29) is 12.1 Å². The lowest BCUT2D eigenvalue weighted by molar-refractivity contribution is 0.243. The number of aromatic nitrogens is 4. The van der Waals surface area contributed by atoms with E-state index in [2.05, 4.69) is 25.7 Å². The van der Waals surface area contributed by atoms with E-state index in [1.165, 1.54) is 0 Å². The van der Waals surface area contributed by atoms with Crippen molar-refractivity contribution in [3.8, 4) is 0 Å². The van der Waals surface area contributed by atoms with Gasteiger partial charge < -0.3 is 10.6 Å². The van der Waals surface area contributed by atoms with Crippen LogP contribution in [0.15, 0.2) is 36.7 Å². The van der Waals surface area contributed by atoms with Crippen LogP contribution in [0, 0.1) is 6.92 Å². The van der Waals surface area contributed by atoms with Crippen molar-refractivity contribution in [3.63, 3.8) is 0 Å². The summed E-state index contributed by atoms with van der Waals surface area (Å²) >= 11 is 0. The third-order valence-electron chi connectivity index (χ3n) is 4.25. The average molecular weight is 322 g/mol. The molecular weight excluding hydrogens is 304 g/mol. The smallest absolute Gasteiger partial charge is 0.319 e. The highest BCUT2D eigenvalue weighted by Gasteiger charge is 2.21. The monoisotopic (exact) mass is 322 g/mol. The summed E-state index contributed by atoms with van der Waals surface area (Å²) < 4.78 is 1.84. The summed E-state index contributed by atoms with van der Waals surface area (Å²) in [5.41, 5.74) is 2.43. The van der Waals surface area contributed by atoms with Gasteiger partial charge in [0.15, 0.2) is 0 Å². The first-order valence-corrected chi connectivity index (χ1v) is 7.99. The van der Waals surface area contributed by atoms with Gasteiger partial charge in [-0.1, -0.05) is 18.2 Å². The standard InChI is InChI=1S/C17H18N6O/c1-11-5-6-12-3-2-4-14(16(12)20-11)22-17(24)21-13-7-8-15-18-10-19-23(15)9-13/h2-6,10,13H,7-9H2,1H3,(H2,21,22,24). The van der Waals surface area contributed by atoms with Gasteiger partial charge in [0.05, 0.1) is 23.8 Å². The molecule has 4 rings (SSSR count). The molecule has 3 aromatic rings. The number of urea groups is 1. The Balaban J connectivity index is 1.48. The van der Waals surface area contributed by atoms with Crippen LogP contribution < -0.4 is 10.6 Å². The summed E-state index contributed by atoms with van der Waals surface area (Å²) in [6.45, 7) is 2.59. The summed E-state index contributed by atoms with van der Waals surface area (Å²) in [5.74, 6) is 0.974. The van der Waals surface area contributed by atoms with Crippen LogP contribution in [0.4, 0.5) is 10.5 Å². The van der Waals surface area contributed by atoms with Gasteiger partial charge in [-0.3, -0.25) is 4.98 Å². The molecule has 0 saturated carbocycles. The molecule has 1 unspecified atom stereocenters. The predicted molar refractivity (Wildman–Crippen MR) is 90.8 cm³/mol. The highest BCUT2D eigenvalue weighted by molar-refractivity contribution is 5.99. The van der Waals surface area contributed by atoms with E-state index < -0.39 is 0 Å². The highest BCUT2D eigenvalue weighted by atomic mass is 16.2. The normalized spacial score (nSPS) is 16.6. The summed E-state index contributed by atoms with van der Waals surface area (Å²) in [7, 11) is 0. The van der Waals surface area contributed by atoms with Gasteiger partial charge in [-0.2, -0.15) is 5.10 Å². The number of nitrogens with one attached hydrogen (secondary N) is 2. The third-order valence-corrected chi connectivity index (χ3v) is 4.25. The maximum Gasteiger partial charge on any atom is 0.319 e. The quantitative estimate of drug-likeness (QED) is 0.758. The topological polar surface area (TPSA) is 84.7 Å². The zero-order valence-electron chi connectivity index (χ0n) is 13.4. The van der Waals surface area contributed by atoms with Crippen molar-refractivity contribution >= 4 is 22.6 Å². The minimum atomic E-state index is -0.223. The number of hydrogen-bond donors (Lipinski definition) is 2. The third kappa shape index (κ3) is 2.80. The van der Waals surface area contributed by atoms with E-state index in [1.54, 1.807) is 6.33 Å². The first-order chi connectivity index (χ1) is 11.7. The molecular formula is C17H18N6O. The first-order valence-electron chi connectivity index (χ1n) is 7.99. The van der Waals surface area contributed by atoms with Crippen LogP contribution in [0.5, 0.6) is 0 Å². The van der Waals surface area contributed by atoms with E-state index in [9.17, 15) is 4.79 Å².